The minimum atomic E-state index is 0.522. The van der Waals surface area contributed by atoms with Crippen LogP contribution in [0, 0.1) is 22.7 Å². The molecule has 8 rings (SSSR count). The van der Waals surface area contributed by atoms with E-state index in [1.165, 1.54) is 0 Å². The number of fused-ring (bicyclic) bond motifs is 6. The Bertz CT molecular complexity index is 2410. The SMILES string of the molecule is COc1ccc2c3ccccc3n(-c3ccc(C#N)cc3-c3cc(C#N)ccc3-n3c4ccccc4c4ccc(OC)cc43)c2c1. The van der Waals surface area contributed by atoms with Crippen molar-refractivity contribution < 1.29 is 9.47 Å². The van der Waals surface area contributed by atoms with Gasteiger partial charge in [-0.05, 0) is 72.8 Å². The van der Waals surface area contributed by atoms with Crippen molar-refractivity contribution in [3.05, 3.63) is 132 Å². The van der Waals surface area contributed by atoms with Crippen LogP contribution in [-0.4, -0.2) is 23.4 Å². The van der Waals surface area contributed by atoms with Gasteiger partial charge >= 0.3 is 0 Å². The van der Waals surface area contributed by atoms with Gasteiger partial charge in [-0.15, -0.1) is 0 Å². The molecule has 46 heavy (non-hydrogen) atoms. The first-order valence-corrected chi connectivity index (χ1v) is 14.9. The molecule has 0 aliphatic rings. The maximum atomic E-state index is 10.1. The van der Waals surface area contributed by atoms with Crippen molar-refractivity contribution in [2.45, 2.75) is 0 Å². The molecule has 0 N–H and O–H groups in total. The van der Waals surface area contributed by atoms with E-state index < -0.39 is 0 Å². The van der Waals surface area contributed by atoms with E-state index in [2.05, 4.69) is 57.7 Å². The van der Waals surface area contributed by atoms with Crippen LogP contribution in [0.5, 0.6) is 11.5 Å². The Hall–Kier alpha value is -6.50. The lowest BCUT2D eigenvalue weighted by molar-refractivity contribution is 0.415. The van der Waals surface area contributed by atoms with Crippen molar-refractivity contribution in [3.63, 3.8) is 0 Å². The number of nitrogens with zero attached hydrogens (tertiary/aromatic N) is 4. The largest absolute Gasteiger partial charge is 0.497 e. The first-order valence-electron chi connectivity index (χ1n) is 14.9. The third-order valence-electron chi connectivity index (χ3n) is 8.79. The van der Waals surface area contributed by atoms with E-state index in [1.807, 2.05) is 84.9 Å². The molecule has 218 valence electrons. The summed E-state index contributed by atoms with van der Waals surface area (Å²) in [4.78, 5) is 0. The summed E-state index contributed by atoms with van der Waals surface area (Å²) in [5.41, 5.74) is 8.46. The first-order chi connectivity index (χ1) is 22.6. The van der Waals surface area contributed by atoms with E-state index in [0.29, 0.717) is 11.1 Å². The molecule has 6 aromatic carbocycles. The second-order valence-electron chi connectivity index (χ2n) is 11.2. The normalized spacial score (nSPS) is 11.2. The van der Waals surface area contributed by atoms with E-state index >= 15 is 0 Å². The Morgan fingerprint density at radius 2 is 0.870 bits per heavy atom. The van der Waals surface area contributed by atoms with Crippen LogP contribution in [0.1, 0.15) is 11.1 Å². The van der Waals surface area contributed by atoms with Gasteiger partial charge in [-0.1, -0.05) is 36.4 Å². The quantitative estimate of drug-likeness (QED) is 0.199. The molecular formula is C40H26N4O2. The van der Waals surface area contributed by atoms with Crippen LogP contribution < -0.4 is 9.47 Å². The van der Waals surface area contributed by atoms with E-state index in [0.717, 1.165) is 77.6 Å². The summed E-state index contributed by atoms with van der Waals surface area (Å²) in [7, 11) is 3.34. The van der Waals surface area contributed by atoms with Crippen LogP contribution >= 0.6 is 0 Å². The molecule has 8 aromatic rings. The Morgan fingerprint density at radius 1 is 0.457 bits per heavy atom. The summed E-state index contributed by atoms with van der Waals surface area (Å²) in [6.07, 6.45) is 0. The summed E-state index contributed by atoms with van der Waals surface area (Å²) < 4.78 is 15.8. The van der Waals surface area contributed by atoms with Gasteiger partial charge in [-0.25, -0.2) is 0 Å². The van der Waals surface area contributed by atoms with Crippen LogP contribution in [0.2, 0.25) is 0 Å². The number of benzene rings is 6. The monoisotopic (exact) mass is 594 g/mol. The van der Waals surface area contributed by atoms with Crippen LogP contribution in [0.4, 0.5) is 0 Å². The third-order valence-corrected chi connectivity index (χ3v) is 8.79. The average Bonchev–Trinajstić information content (AvgIpc) is 3.62. The third kappa shape index (κ3) is 4.02. The number of hydrogen-bond acceptors (Lipinski definition) is 4. The molecule has 0 saturated heterocycles. The smallest absolute Gasteiger partial charge is 0.120 e. The number of rotatable bonds is 5. The van der Waals surface area contributed by atoms with Crippen molar-refractivity contribution in [2.75, 3.05) is 14.2 Å². The summed E-state index contributed by atoms with van der Waals surface area (Å²) in [6.45, 7) is 0. The number of nitriles is 2. The zero-order chi connectivity index (χ0) is 31.4. The molecule has 0 bridgehead atoms. The van der Waals surface area contributed by atoms with Crippen molar-refractivity contribution in [1.82, 2.24) is 9.13 Å². The molecule has 0 aliphatic carbocycles. The molecule has 0 atom stereocenters. The molecule has 0 unspecified atom stereocenters. The van der Waals surface area contributed by atoms with E-state index in [-0.39, 0.29) is 0 Å². The van der Waals surface area contributed by atoms with Gasteiger partial charge in [-0.2, -0.15) is 10.5 Å². The van der Waals surface area contributed by atoms with Crippen molar-refractivity contribution >= 4 is 43.6 Å². The summed E-state index contributed by atoms with van der Waals surface area (Å²) in [6, 6.07) is 45.0. The number of aromatic nitrogens is 2. The maximum Gasteiger partial charge on any atom is 0.120 e. The van der Waals surface area contributed by atoms with Crippen LogP contribution in [0.15, 0.2) is 121 Å². The molecular weight excluding hydrogens is 568 g/mol. The molecule has 0 radical (unpaired) electrons. The van der Waals surface area contributed by atoms with Gasteiger partial charge < -0.3 is 18.6 Å². The predicted octanol–water partition coefficient (Wildman–Crippen LogP) is 9.31. The highest BCUT2D eigenvalue weighted by molar-refractivity contribution is 6.12. The van der Waals surface area contributed by atoms with Crippen molar-refractivity contribution in [3.8, 4) is 46.1 Å². The fourth-order valence-electron chi connectivity index (χ4n) is 6.71. The molecule has 2 aromatic heterocycles. The number of hydrogen-bond donors (Lipinski definition) is 0. The standard InChI is InChI=1S/C40H26N4O2/c1-45-27-13-15-31-29-7-3-5-9-35(29)43(39(31)21-27)37-17-11-25(23-41)19-33(37)34-20-26(24-42)12-18-38(34)44-36-10-6-4-8-30(36)32-16-14-28(46-2)22-40(32)44/h3-22H,1-2H3. The lowest BCUT2D eigenvalue weighted by Gasteiger charge is -2.19. The lowest BCUT2D eigenvalue weighted by Crippen LogP contribution is -2.02. The van der Waals surface area contributed by atoms with Crippen LogP contribution in [-0.2, 0) is 0 Å². The number of methoxy groups -OCH3 is 2. The highest BCUT2D eigenvalue weighted by Gasteiger charge is 2.21. The molecule has 0 aliphatic heterocycles. The fraction of sp³-hybridized carbons (Fsp3) is 0.0500. The Balaban J connectivity index is 1.52. The fourth-order valence-corrected chi connectivity index (χ4v) is 6.71. The lowest BCUT2D eigenvalue weighted by atomic mass is 9.97. The van der Waals surface area contributed by atoms with Crippen LogP contribution in [0.25, 0.3) is 66.1 Å². The number of para-hydroxylation sites is 2. The van der Waals surface area contributed by atoms with Gasteiger partial charge in [0.05, 0.1) is 70.9 Å². The first kappa shape index (κ1) is 27.1. The van der Waals surface area contributed by atoms with Crippen molar-refractivity contribution in [2.24, 2.45) is 0 Å². The van der Waals surface area contributed by atoms with Gasteiger partial charge in [0.25, 0.3) is 0 Å². The summed E-state index contributed by atoms with van der Waals surface area (Å²) in [5.74, 6) is 1.50. The van der Waals surface area contributed by atoms with Crippen molar-refractivity contribution in [1.29, 1.82) is 10.5 Å². The second kappa shape index (κ2) is 10.6. The van der Waals surface area contributed by atoms with Gasteiger partial charge in [0, 0.05) is 44.8 Å². The average molecular weight is 595 g/mol. The molecule has 0 fully saturated rings. The predicted molar refractivity (Wildman–Crippen MR) is 183 cm³/mol. The number of ether oxygens (including phenoxy) is 2. The molecule has 2 heterocycles. The highest BCUT2D eigenvalue weighted by atomic mass is 16.5. The maximum absolute atomic E-state index is 10.1. The molecule has 6 nitrogen and oxygen atoms in total. The Kier molecular flexibility index (Phi) is 6.23. The zero-order valence-corrected chi connectivity index (χ0v) is 25.2. The highest BCUT2D eigenvalue weighted by Crippen LogP contribution is 2.42. The second-order valence-corrected chi connectivity index (χ2v) is 11.2. The summed E-state index contributed by atoms with van der Waals surface area (Å²) >= 11 is 0. The Labute approximate surface area is 265 Å². The van der Waals surface area contributed by atoms with Crippen LogP contribution in [0.3, 0.4) is 0 Å². The van der Waals surface area contributed by atoms with E-state index in [1.54, 1.807) is 14.2 Å². The van der Waals surface area contributed by atoms with Gasteiger partial charge in [0.1, 0.15) is 11.5 Å². The van der Waals surface area contributed by atoms with Gasteiger partial charge in [0.2, 0.25) is 0 Å². The molecule has 6 heteroatoms. The topological polar surface area (TPSA) is 75.9 Å². The molecule has 0 amide bonds. The molecule has 0 saturated carbocycles. The van der Waals surface area contributed by atoms with E-state index in [9.17, 15) is 10.5 Å². The summed E-state index contributed by atoms with van der Waals surface area (Å²) in [5, 5.41) is 24.6. The minimum absolute atomic E-state index is 0.522. The Morgan fingerprint density at radius 3 is 1.28 bits per heavy atom. The van der Waals surface area contributed by atoms with Gasteiger partial charge in [-0.3, -0.25) is 0 Å². The van der Waals surface area contributed by atoms with Gasteiger partial charge in [0.15, 0.2) is 0 Å². The molecule has 0 spiro atoms. The van der Waals surface area contributed by atoms with E-state index in [4.69, 9.17) is 9.47 Å². The zero-order valence-electron chi connectivity index (χ0n) is 25.2. The minimum Gasteiger partial charge on any atom is -0.497 e.